The van der Waals surface area contributed by atoms with Gasteiger partial charge >= 0.3 is 0 Å². The van der Waals surface area contributed by atoms with E-state index in [1.54, 1.807) is 12.3 Å². The van der Waals surface area contributed by atoms with Crippen molar-refractivity contribution in [3.8, 4) is 5.88 Å². The molecule has 0 bridgehead atoms. The highest BCUT2D eigenvalue weighted by molar-refractivity contribution is 5.34. The van der Waals surface area contributed by atoms with Crippen molar-refractivity contribution >= 4 is 5.95 Å². The largest absolute Gasteiger partial charge is 0.475 e. The summed E-state index contributed by atoms with van der Waals surface area (Å²) in [6.45, 7) is 5.71. The van der Waals surface area contributed by atoms with E-state index in [1.165, 1.54) is 0 Å². The molecule has 1 fully saturated rings. The summed E-state index contributed by atoms with van der Waals surface area (Å²) in [5.41, 5.74) is 5.85. The van der Waals surface area contributed by atoms with Gasteiger partial charge in [0.15, 0.2) is 0 Å². The molecule has 1 unspecified atom stereocenters. The molecule has 2 N–H and O–H groups in total. The molecule has 1 saturated heterocycles. The molecule has 0 aliphatic carbocycles. The minimum atomic E-state index is 0.128. The monoisotopic (exact) mass is 222 g/mol. The highest BCUT2D eigenvalue weighted by Crippen LogP contribution is 2.17. The van der Waals surface area contributed by atoms with Crippen LogP contribution in [0.5, 0.6) is 5.88 Å². The Bertz CT molecular complexity index is 356. The van der Waals surface area contributed by atoms with Crippen LogP contribution < -0.4 is 15.4 Å². The average Bonchev–Trinajstić information content (AvgIpc) is 2.64. The van der Waals surface area contributed by atoms with E-state index in [9.17, 15) is 0 Å². The number of ether oxygens (including phenoxy) is 1. The normalized spacial score (nSPS) is 20.5. The van der Waals surface area contributed by atoms with Gasteiger partial charge in [0.25, 0.3) is 0 Å². The summed E-state index contributed by atoms with van der Waals surface area (Å²) in [5.74, 6) is 1.34. The Labute approximate surface area is 95.6 Å². The molecule has 0 radical (unpaired) electrons. The lowest BCUT2D eigenvalue weighted by Gasteiger charge is -2.16. The fourth-order valence-corrected chi connectivity index (χ4v) is 1.76. The third-order valence-corrected chi connectivity index (χ3v) is 2.48. The van der Waals surface area contributed by atoms with Gasteiger partial charge in [-0.05, 0) is 20.3 Å². The number of hydrogen-bond acceptors (Lipinski definition) is 5. The van der Waals surface area contributed by atoms with E-state index in [4.69, 9.17) is 10.5 Å². The van der Waals surface area contributed by atoms with Gasteiger partial charge in [0, 0.05) is 31.4 Å². The van der Waals surface area contributed by atoms with E-state index >= 15 is 0 Å². The third kappa shape index (κ3) is 2.61. The first-order valence-electron chi connectivity index (χ1n) is 5.65. The summed E-state index contributed by atoms with van der Waals surface area (Å²) in [7, 11) is 0. The minimum absolute atomic E-state index is 0.128. The summed E-state index contributed by atoms with van der Waals surface area (Å²) in [4.78, 5) is 10.7. The molecule has 1 aliphatic rings. The van der Waals surface area contributed by atoms with Crippen LogP contribution >= 0.6 is 0 Å². The van der Waals surface area contributed by atoms with Crippen LogP contribution in [-0.4, -0.2) is 35.2 Å². The van der Waals surface area contributed by atoms with Crippen LogP contribution in [0.1, 0.15) is 20.3 Å². The Morgan fingerprint density at radius 2 is 2.38 bits per heavy atom. The lowest BCUT2D eigenvalue weighted by atomic mass is 10.3. The maximum Gasteiger partial charge on any atom is 0.228 e. The van der Waals surface area contributed by atoms with Crippen molar-refractivity contribution in [2.45, 2.75) is 32.4 Å². The first-order valence-corrected chi connectivity index (χ1v) is 5.65. The van der Waals surface area contributed by atoms with Crippen molar-refractivity contribution in [3.63, 3.8) is 0 Å². The van der Waals surface area contributed by atoms with Crippen LogP contribution in [0.15, 0.2) is 12.3 Å². The summed E-state index contributed by atoms with van der Waals surface area (Å²) in [6.07, 6.45) is 2.85. The molecule has 2 heterocycles. The molecular weight excluding hydrogens is 204 g/mol. The second kappa shape index (κ2) is 4.65. The standard InChI is InChI=1S/C11H18N4O/c1-8(2)16-10-3-5-13-11(14-10)15-6-4-9(12)7-15/h3,5,8-9H,4,6-7,12H2,1-2H3. The zero-order chi connectivity index (χ0) is 11.5. The maximum absolute atomic E-state index is 5.85. The molecule has 1 aromatic heterocycles. The van der Waals surface area contributed by atoms with Gasteiger partial charge in [-0.1, -0.05) is 0 Å². The van der Waals surface area contributed by atoms with E-state index in [-0.39, 0.29) is 12.1 Å². The minimum Gasteiger partial charge on any atom is -0.475 e. The van der Waals surface area contributed by atoms with Gasteiger partial charge in [-0.3, -0.25) is 0 Å². The molecule has 88 valence electrons. The smallest absolute Gasteiger partial charge is 0.228 e. The molecule has 1 aromatic rings. The van der Waals surface area contributed by atoms with E-state index in [1.807, 2.05) is 13.8 Å². The summed E-state index contributed by atoms with van der Waals surface area (Å²) >= 11 is 0. The molecule has 1 aliphatic heterocycles. The number of hydrogen-bond donors (Lipinski definition) is 1. The van der Waals surface area contributed by atoms with E-state index in [2.05, 4.69) is 14.9 Å². The van der Waals surface area contributed by atoms with Gasteiger partial charge in [-0.2, -0.15) is 4.98 Å². The van der Waals surface area contributed by atoms with Crippen molar-refractivity contribution in [2.24, 2.45) is 5.73 Å². The molecule has 16 heavy (non-hydrogen) atoms. The van der Waals surface area contributed by atoms with Gasteiger partial charge < -0.3 is 15.4 Å². The lowest BCUT2D eigenvalue weighted by Crippen LogP contribution is -2.27. The van der Waals surface area contributed by atoms with E-state index in [0.717, 1.165) is 19.5 Å². The zero-order valence-corrected chi connectivity index (χ0v) is 9.76. The molecule has 0 spiro atoms. The Morgan fingerprint density at radius 1 is 1.56 bits per heavy atom. The molecular formula is C11H18N4O. The predicted molar refractivity (Wildman–Crippen MR) is 62.6 cm³/mol. The first kappa shape index (κ1) is 11.1. The second-order valence-corrected chi connectivity index (χ2v) is 4.36. The summed E-state index contributed by atoms with van der Waals surface area (Å²) < 4.78 is 5.53. The highest BCUT2D eigenvalue weighted by atomic mass is 16.5. The average molecular weight is 222 g/mol. The zero-order valence-electron chi connectivity index (χ0n) is 9.76. The first-order chi connectivity index (χ1) is 7.65. The number of rotatable bonds is 3. The van der Waals surface area contributed by atoms with Crippen LogP contribution in [0.4, 0.5) is 5.95 Å². The number of aromatic nitrogens is 2. The molecule has 0 saturated carbocycles. The van der Waals surface area contributed by atoms with Crippen molar-refractivity contribution in [1.82, 2.24) is 9.97 Å². The topological polar surface area (TPSA) is 64.3 Å². The maximum atomic E-state index is 5.85. The number of anilines is 1. The van der Waals surface area contributed by atoms with Gasteiger partial charge in [-0.15, -0.1) is 0 Å². The summed E-state index contributed by atoms with van der Waals surface area (Å²) in [5, 5.41) is 0. The third-order valence-electron chi connectivity index (χ3n) is 2.48. The molecule has 1 atom stereocenters. The Kier molecular flexibility index (Phi) is 3.24. The quantitative estimate of drug-likeness (QED) is 0.819. The highest BCUT2D eigenvalue weighted by Gasteiger charge is 2.21. The summed E-state index contributed by atoms with van der Waals surface area (Å²) in [6, 6.07) is 2.01. The Morgan fingerprint density at radius 3 is 3.00 bits per heavy atom. The van der Waals surface area contributed by atoms with Crippen LogP contribution in [0.2, 0.25) is 0 Å². The lowest BCUT2D eigenvalue weighted by molar-refractivity contribution is 0.232. The van der Waals surface area contributed by atoms with E-state index in [0.29, 0.717) is 11.8 Å². The Balaban J connectivity index is 2.09. The fraction of sp³-hybridized carbons (Fsp3) is 0.636. The van der Waals surface area contributed by atoms with Crippen molar-refractivity contribution in [2.75, 3.05) is 18.0 Å². The molecule has 2 rings (SSSR count). The SMILES string of the molecule is CC(C)Oc1ccnc(N2CCC(N)C2)n1. The van der Waals surface area contributed by atoms with Gasteiger partial charge in [0.2, 0.25) is 11.8 Å². The van der Waals surface area contributed by atoms with Crippen LogP contribution in [0.3, 0.4) is 0 Å². The number of nitrogens with two attached hydrogens (primary N) is 1. The van der Waals surface area contributed by atoms with Crippen molar-refractivity contribution in [3.05, 3.63) is 12.3 Å². The van der Waals surface area contributed by atoms with Crippen LogP contribution in [-0.2, 0) is 0 Å². The predicted octanol–water partition coefficient (Wildman–Crippen LogP) is 0.801. The van der Waals surface area contributed by atoms with E-state index < -0.39 is 0 Å². The van der Waals surface area contributed by atoms with Gasteiger partial charge in [-0.25, -0.2) is 4.98 Å². The molecule has 5 nitrogen and oxygen atoms in total. The second-order valence-electron chi connectivity index (χ2n) is 4.36. The fourth-order valence-electron chi connectivity index (χ4n) is 1.76. The van der Waals surface area contributed by atoms with Crippen molar-refractivity contribution in [1.29, 1.82) is 0 Å². The number of nitrogens with zero attached hydrogens (tertiary/aromatic N) is 3. The Hall–Kier alpha value is -1.36. The molecule has 5 heteroatoms. The van der Waals surface area contributed by atoms with Crippen molar-refractivity contribution < 1.29 is 4.74 Å². The molecule has 0 amide bonds. The van der Waals surface area contributed by atoms with Gasteiger partial charge in [0.1, 0.15) is 0 Å². The van der Waals surface area contributed by atoms with Gasteiger partial charge in [0.05, 0.1) is 6.10 Å². The van der Waals surface area contributed by atoms with Crippen LogP contribution in [0, 0.1) is 0 Å². The van der Waals surface area contributed by atoms with Crippen LogP contribution in [0.25, 0.3) is 0 Å². The molecule has 0 aromatic carbocycles.